The standard InChI is InChI=1S/C28H36N4O3.C17H15NO3/c1-35-23-7-5-20(6-8-23)24-3-2-4-26-25(24)19-27(30-26)28(34)29-21-9-13-31(14-10-21)17-18-32-15-11-22(33)12-16-32;1-2-21-12-8-6-11(7-9-12)13-4-3-5-15-14(13)10-16(18-15)17(19)20/h2-8,19,21-22,30,33H,9-18H2,1H3,(H,29,34);3-10,18H,2H2,1H3,(H,19,20). The number of ether oxygens (including phenoxy) is 2. The van der Waals surface area contributed by atoms with Crippen molar-refractivity contribution in [2.24, 2.45) is 0 Å². The van der Waals surface area contributed by atoms with Crippen LogP contribution in [0.2, 0.25) is 0 Å². The van der Waals surface area contributed by atoms with Crippen molar-refractivity contribution in [3.63, 3.8) is 0 Å². The van der Waals surface area contributed by atoms with Gasteiger partial charge in [0.15, 0.2) is 0 Å². The molecule has 56 heavy (non-hydrogen) atoms. The summed E-state index contributed by atoms with van der Waals surface area (Å²) in [5.74, 6) is 0.664. The van der Waals surface area contributed by atoms with Gasteiger partial charge in [0.25, 0.3) is 5.91 Å². The Labute approximate surface area is 327 Å². The van der Waals surface area contributed by atoms with Gasteiger partial charge in [-0.2, -0.15) is 0 Å². The number of H-pyrrole nitrogens is 2. The lowest BCUT2D eigenvalue weighted by Gasteiger charge is -2.35. The molecule has 2 aliphatic rings. The van der Waals surface area contributed by atoms with Crippen molar-refractivity contribution in [3.8, 4) is 33.8 Å². The molecule has 0 radical (unpaired) electrons. The zero-order valence-electron chi connectivity index (χ0n) is 32.1. The number of aromatic carboxylic acids is 1. The van der Waals surface area contributed by atoms with Gasteiger partial charge in [-0.1, -0.05) is 48.5 Å². The number of nitrogens with one attached hydrogen (secondary N) is 3. The summed E-state index contributed by atoms with van der Waals surface area (Å²) in [5.41, 5.74) is 6.80. The molecule has 0 saturated carbocycles. The number of carboxylic acid groups (broad SMARTS) is 1. The molecular weight excluding hydrogens is 707 g/mol. The van der Waals surface area contributed by atoms with Crippen molar-refractivity contribution in [1.29, 1.82) is 0 Å². The van der Waals surface area contributed by atoms with Gasteiger partial charge in [-0.25, -0.2) is 4.79 Å². The van der Waals surface area contributed by atoms with Crippen molar-refractivity contribution >= 4 is 33.7 Å². The van der Waals surface area contributed by atoms with Crippen LogP contribution in [0.4, 0.5) is 0 Å². The van der Waals surface area contributed by atoms with Crippen LogP contribution >= 0.6 is 0 Å². The Morgan fingerprint density at radius 1 is 0.714 bits per heavy atom. The lowest BCUT2D eigenvalue weighted by atomic mass is 10.0. The molecule has 0 unspecified atom stereocenters. The van der Waals surface area contributed by atoms with Gasteiger partial charge < -0.3 is 44.8 Å². The fourth-order valence-electron chi connectivity index (χ4n) is 7.71. The number of carboxylic acids is 1. The minimum Gasteiger partial charge on any atom is -0.497 e. The minimum absolute atomic E-state index is 0.0350. The van der Waals surface area contributed by atoms with E-state index in [-0.39, 0.29) is 23.7 Å². The predicted octanol–water partition coefficient (Wildman–Crippen LogP) is 7.43. The number of aliphatic hydroxyl groups is 1. The van der Waals surface area contributed by atoms with E-state index in [0.717, 1.165) is 121 Å². The van der Waals surface area contributed by atoms with E-state index in [2.05, 4.69) is 31.2 Å². The minimum atomic E-state index is -0.955. The van der Waals surface area contributed by atoms with E-state index in [0.29, 0.717) is 12.3 Å². The summed E-state index contributed by atoms with van der Waals surface area (Å²) >= 11 is 0. The monoisotopic (exact) mass is 757 g/mol. The maximum absolute atomic E-state index is 13.1. The van der Waals surface area contributed by atoms with E-state index < -0.39 is 5.97 Å². The number of amides is 1. The molecule has 11 heteroatoms. The number of fused-ring (bicyclic) bond motifs is 2. The van der Waals surface area contributed by atoms with Crippen molar-refractivity contribution in [3.05, 3.63) is 108 Å². The quantitative estimate of drug-likeness (QED) is 0.0919. The summed E-state index contributed by atoms with van der Waals surface area (Å²) < 4.78 is 10.7. The molecule has 6 aromatic rings. The maximum atomic E-state index is 13.1. The van der Waals surface area contributed by atoms with Crippen LogP contribution in [0, 0.1) is 0 Å². The van der Waals surface area contributed by atoms with Gasteiger partial charge in [0.05, 0.1) is 19.8 Å². The Balaban J connectivity index is 0.000000195. The van der Waals surface area contributed by atoms with Crippen molar-refractivity contribution in [2.75, 3.05) is 53.0 Å². The smallest absolute Gasteiger partial charge is 0.352 e. The Kier molecular flexibility index (Phi) is 12.3. The molecule has 4 aromatic carbocycles. The number of hydrogen-bond acceptors (Lipinski definition) is 7. The zero-order chi connectivity index (χ0) is 39.0. The van der Waals surface area contributed by atoms with Gasteiger partial charge in [0.2, 0.25) is 0 Å². The van der Waals surface area contributed by atoms with Crippen molar-refractivity contribution in [1.82, 2.24) is 25.1 Å². The first kappa shape index (κ1) is 38.6. The van der Waals surface area contributed by atoms with Crippen LogP contribution in [-0.4, -0.2) is 107 Å². The molecule has 4 heterocycles. The molecule has 0 aliphatic carbocycles. The van der Waals surface area contributed by atoms with Gasteiger partial charge in [0.1, 0.15) is 22.9 Å². The van der Waals surface area contributed by atoms with Gasteiger partial charge in [-0.15, -0.1) is 0 Å². The van der Waals surface area contributed by atoms with E-state index in [1.54, 1.807) is 13.2 Å². The number of aliphatic hydroxyl groups excluding tert-OH is 1. The molecule has 2 fully saturated rings. The largest absolute Gasteiger partial charge is 0.497 e. The lowest BCUT2D eigenvalue weighted by Crippen LogP contribution is -2.47. The lowest BCUT2D eigenvalue weighted by molar-refractivity contribution is 0.0691. The van der Waals surface area contributed by atoms with Crippen LogP contribution in [-0.2, 0) is 0 Å². The summed E-state index contributed by atoms with van der Waals surface area (Å²) in [6.45, 7) is 8.72. The van der Waals surface area contributed by atoms with Gasteiger partial charge >= 0.3 is 5.97 Å². The third kappa shape index (κ3) is 9.25. The highest BCUT2D eigenvalue weighted by Gasteiger charge is 2.24. The third-order valence-corrected chi connectivity index (χ3v) is 10.9. The Hall–Kier alpha value is -5.62. The normalized spacial score (nSPS) is 15.7. The second kappa shape index (κ2) is 17.9. The topological polar surface area (TPSA) is 143 Å². The molecule has 0 atom stereocenters. The summed E-state index contributed by atoms with van der Waals surface area (Å²) in [5, 5.41) is 24.0. The first-order valence-electron chi connectivity index (χ1n) is 19.6. The van der Waals surface area contributed by atoms with Crippen LogP contribution in [0.5, 0.6) is 11.5 Å². The Morgan fingerprint density at radius 2 is 1.21 bits per heavy atom. The average Bonchev–Trinajstić information content (AvgIpc) is 3.88. The zero-order valence-corrected chi connectivity index (χ0v) is 32.1. The number of benzene rings is 4. The van der Waals surface area contributed by atoms with Crippen molar-refractivity contribution in [2.45, 2.75) is 44.8 Å². The molecule has 292 valence electrons. The van der Waals surface area contributed by atoms with E-state index >= 15 is 0 Å². The molecule has 8 rings (SSSR count). The molecule has 0 spiro atoms. The van der Waals surface area contributed by atoms with E-state index in [9.17, 15) is 14.7 Å². The highest BCUT2D eigenvalue weighted by molar-refractivity contribution is 6.03. The van der Waals surface area contributed by atoms with E-state index in [1.807, 2.05) is 91.9 Å². The third-order valence-electron chi connectivity index (χ3n) is 10.9. The number of aromatic amines is 2. The van der Waals surface area contributed by atoms with Gasteiger partial charge in [-0.05, 0) is 103 Å². The molecule has 0 bridgehead atoms. The van der Waals surface area contributed by atoms with Crippen LogP contribution in [0.3, 0.4) is 0 Å². The Morgan fingerprint density at radius 3 is 1.73 bits per heavy atom. The summed E-state index contributed by atoms with van der Waals surface area (Å²) in [7, 11) is 1.67. The number of aromatic nitrogens is 2. The fraction of sp³-hybridized carbons (Fsp3) is 0.333. The summed E-state index contributed by atoms with van der Waals surface area (Å²) in [6, 6.07) is 31.5. The highest BCUT2D eigenvalue weighted by Crippen LogP contribution is 2.32. The number of carbonyl (C=O) groups is 2. The van der Waals surface area contributed by atoms with Crippen LogP contribution in [0.25, 0.3) is 44.1 Å². The predicted molar refractivity (Wildman–Crippen MR) is 221 cm³/mol. The average molecular weight is 758 g/mol. The molecule has 2 saturated heterocycles. The Bertz CT molecular complexity index is 2230. The van der Waals surface area contributed by atoms with Gasteiger partial charge in [0, 0.05) is 67.1 Å². The van der Waals surface area contributed by atoms with Gasteiger partial charge in [-0.3, -0.25) is 4.79 Å². The van der Waals surface area contributed by atoms with Crippen LogP contribution in [0.15, 0.2) is 97.1 Å². The molecule has 2 aliphatic heterocycles. The fourth-order valence-corrected chi connectivity index (χ4v) is 7.71. The second-order valence-corrected chi connectivity index (χ2v) is 14.6. The molecule has 11 nitrogen and oxygen atoms in total. The molecule has 1 amide bonds. The number of nitrogens with zero attached hydrogens (tertiary/aromatic N) is 2. The number of methoxy groups -OCH3 is 1. The highest BCUT2D eigenvalue weighted by atomic mass is 16.5. The van der Waals surface area contributed by atoms with Crippen LogP contribution < -0.4 is 14.8 Å². The SMILES string of the molecule is CCOc1ccc(-c2cccc3[nH]c(C(=O)O)cc23)cc1.COc1ccc(-c2cccc3[nH]c(C(=O)NC4CCN(CCN5CCC(O)CC5)CC4)cc23)cc1. The van der Waals surface area contributed by atoms with E-state index in [4.69, 9.17) is 14.6 Å². The molecule has 5 N–H and O–H groups in total. The number of carbonyl (C=O) groups excluding carboxylic acids is 1. The molecular formula is C45H51N5O6. The molecule has 2 aromatic heterocycles. The van der Waals surface area contributed by atoms with Crippen molar-refractivity contribution < 1.29 is 29.3 Å². The number of hydrogen-bond donors (Lipinski definition) is 5. The first-order valence-corrected chi connectivity index (χ1v) is 19.6. The number of piperidine rings is 2. The van der Waals surface area contributed by atoms with E-state index in [1.165, 1.54) is 0 Å². The second-order valence-electron chi connectivity index (χ2n) is 14.6. The summed E-state index contributed by atoms with van der Waals surface area (Å²) in [4.78, 5) is 35.3. The first-order chi connectivity index (χ1) is 27.3. The maximum Gasteiger partial charge on any atom is 0.352 e. The number of likely N-dealkylation sites (tertiary alicyclic amines) is 2. The summed E-state index contributed by atoms with van der Waals surface area (Å²) in [6.07, 6.45) is 3.62. The number of rotatable bonds is 11. The van der Waals surface area contributed by atoms with Crippen LogP contribution in [0.1, 0.15) is 53.6 Å².